The number of rotatable bonds is 4. The fraction of sp³-hybridized carbons (Fsp3) is 0.360. The van der Waals surface area contributed by atoms with Crippen LogP contribution in [0.5, 0.6) is 0 Å². The summed E-state index contributed by atoms with van der Waals surface area (Å²) in [5.41, 5.74) is 5.14. The van der Waals surface area contributed by atoms with Gasteiger partial charge in [-0.3, -0.25) is 0 Å². The average molecular weight is 379 g/mol. The molecular formula is C25H27F2N. The third-order valence-corrected chi connectivity index (χ3v) is 5.89. The van der Waals surface area contributed by atoms with Gasteiger partial charge in [-0.25, -0.2) is 8.78 Å². The highest BCUT2D eigenvalue weighted by atomic mass is 19.3. The molecule has 1 unspecified atom stereocenters. The lowest BCUT2D eigenvalue weighted by atomic mass is 9.89. The summed E-state index contributed by atoms with van der Waals surface area (Å²) in [5, 5.41) is 1.26. The zero-order valence-corrected chi connectivity index (χ0v) is 16.3. The summed E-state index contributed by atoms with van der Waals surface area (Å²) >= 11 is 0. The molecule has 0 bridgehead atoms. The van der Waals surface area contributed by atoms with Crippen LogP contribution in [0.1, 0.15) is 61.8 Å². The molecule has 4 rings (SSSR count). The lowest BCUT2D eigenvalue weighted by Gasteiger charge is -2.17. The Balaban J connectivity index is 1.57. The van der Waals surface area contributed by atoms with Crippen LogP contribution in [0, 0.1) is 0 Å². The molecule has 1 aliphatic rings. The first-order valence-corrected chi connectivity index (χ1v) is 10.2. The van der Waals surface area contributed by atoms with E-state index in [1.165, 1.54) is 47.9 Å². The van der Waals surface area contributed by atoms with Crippen molar-refractivity contribution in [3.8, 4) is 0 Å². The Morgan fingerprint density at radius 2 is 1.82 bits per heavy atom. The Kier molecular flexibility index (Phi) is 5.34. The molecule has 0 amide bonds. The predicted octanol–water partition coefficient (Wildman–Crippen LogP) is 7.50. The van der Waals surface area contributed by atoms with E-state index >= 15 is 0 Å². The summed E-state index contributed by atoms with van der Waals surface area (Å²) in [7, 11) is 0. The molecule has 3 aromatic rings. The number of nitrogens with one attached hydrogen (secondary N) is 1. The standard InChI is InChI=1S/C25H27F2N/c1-25(26,27)21-15-12-18(13-16-21)11-14-19-7-3-2-4-9-22(19)24-17-20-8-5-6-10-23(20)28-24/h5-6,8,10,12-17,22,28H,2-4,7,9,11H2,1H3/b19-14-. The molecule has 0 radical (unpaired) electrons. The largest absolute Gasteiger partial charge is 0.358 e. The molecule has 1 N–H and O–H groups in total. The number of allylic oxidation sites excluding steroid dienone is 2. The summed E-state index contributed by atoms with van der Waals surface area (Å²) in [6.07, 6.45) is 9.16. The van der Waals surface area contributed by atoms with E-state index in [4.69, 9.17) is 0 Å². The molecule has 2 aromatic carbocycles. The van der Waals surface area contributed by atoms with Gasteiger partial charge in [0.15, 0.2) is 0 Å². The van der Waals surface area contributed by atoms with Crippen molar-refractivity contribution in [2.75, 3.05) is 0 Å². The highest BCUT2D eigenvalue weighted by molar-refractivity contribution is 5.80. The van der Waals surface area contributed by atoms with Crippen LogP contribution < -0.4 is 0 Å². The van der Waals surface area contributed by atoms with E-state index in [0.717, 1.165) is 25.3 Å². The number of H-pyrrole nitrogens is 1. The van der Waals surface area contributed by atoms with E-state index in [9.17, 15) is 8.78 Å². The second-order valence-electron chi connectivity index (χ2n) is 8.03. The van der Waals surface area contributed by atoms with E-state index in [1.807, 2.05) is 12.1 Å². The van der Waals surface area contributed by atoms with E-state index in [1.54, 1.807) is 12.1 Å². The summed E-state index contributed by atoms with van der Waals surface area (Å²) in [5.74, 6) is -2.35. The lowest BCUT2D eigenvalue weighted by Crippen LogP contribution is -2.06. The highest BCUT2D eigenvalue weighted by Gasteiger charge is 2.24. The number of para-hydroxylation sites is 1. The topological polar surface area (TPSA) is 15.8 Å². The van der Waals surface area contributed by atoms with Crippen molar-refractivity contribution in [2.45, 2.75) is 57.3 Å². The van der Waals surface area contributed by atoms with Crippen LogP contribution in [0.15, 0.2) is 66.2 Å². The molecule has 0 spiro atoms. The molecular weight excluding hydrogens is 352 g/mol. The van der Waals surface area contributed by atoms with Gasteiger partial charge in [-0.2, -0.15) is 0 Å². The third kappa shape index (κ3) is 4.19. The lowest BCUT2D eigenvalue weighted by molar-refractivity contribution is 0.0174. The molecule has 146 valence electrons. The minimum atomic E-state index is -2.78. The fourth-order valence-electron chi connectivity index (χ4n) is 4.28. The number of hydrogen-bond donors (Lipinski definition) is 1. The van der Waals surface area contributed by atoms with Gasteiger partial charge in [0.25, 0.3) is 5.92 Å². The first kappa shape index (κ1) is 18.9. The average Bonchev–Trinajstić information content (AvgIpc) is 2.97. The van der Waals surface area contributed by atoms with Crippen molar-refractivity contribution in [2.24, 2.45) is 0 Å². The molecule has 0 aliphatic heterocycles. The van der Waals surface area contributed by atoms with E-state index < -0.39 is 5.92 Å². The quantitative estimate of drug-likeness (QED) is 0.357. The van der Waals surface area contributed by atoms with Gasteiger partial charge in [-0.05, 0) is 48.8 Å². The zero-order chi connectivity index (χ0) is 19.6. The minimum Gasteiger partial charge on any atom is -0.358 e. The maximum atomic E-state index is 13.4. The molecule has 1 aliphatic carbocycles. The summed E-state index contributed by atoms with van der Waals surface area (Å²) in [4.78, 5) is 3.62. The Hall–Kier alpha value is -2.42. The SMILES string of the molecule is CC(F)(F)c1ccc(C/C=C2/CCCCCC2c2cc3ccccc3[nH]2)cc1. The monoisotopic (exact) mass is 379 g/mol. The van der Waals surface area contributed by atoms with Gasteiger partial charge in [-0.15, -0.1) is 0 Å². The fourth-order valence-corrected chi connectivity index (χ4v) is 4.28. The van der Waals surface area contributed by atoms with Crippen LogP contribution in [0.2, 0.25) is 0 Å². The maximum absolute atomic E-state index is 13.4. The van der Waals surface area contributed by atoms with Gasteiger partial charge in [0.1, 0.15) is 0 Å². The zero-order valence-electron chi connectivity index (χ0n) is 16.3. The summed E-state index contributed by atoms with van der Waals surface area (Å²) < 4.78 is 26.8. The number of benzene rings is 2. The molecule has 1 saturated carbocycles. The van der Waals surface area contributed by atoms with Crippen LogP contribution in [-0.4, -0.2) is 4.98 Å². The number of aromatic amines is 1. The van der Waals surface area contributed by atoms with Crippen LogP contribution >= 0.6 is 0 Å². The van der Waals surface area contributed by atoms with Crippen molar-refractivity contribution in [3.05, 3.63) is 83.1 Å². The van der Waals surface area contributed by atoms with Gasteiger partial charge in [0.2, 0.25) is 0 Å². The van der Waals surface area contributed by atoms with Gasteiger partial charge < -0.3 is 4.98 Å². The molecule has 3 heteroatoms. The maximum Gasteiger partial charge on any atom is 0.270 e. The molecule has 1 nitrogen and oxygen atoms in total. The number of fused-ring (bicyclic) bond motifs is 1. The first-order chi connectivity index (χ1) is 13.5. The molecule has 1 atom stereocenters. The second-order valence-corrected chi connectivity index (χ2v) is 8.03. The Morgan fingerprint density at radius 3 is 2.57 bits per heavy atom. The normalized spacial score (nSPS) is 19.8. The first-order valence-electron chi connectivity index (χ1n) is 10.2. The van der Waals surface area contributed by atoms with Gasteiger partial charge >= 0.3 is 0 Å². The van der Waals surface area contributed by atoms with Crippen LogP contribution in [0.3, 0.4) is 0 Å². The molecule has 1 fully saturated rings. The number of hydrogen-bond acceptors (Lipinski definition) is 0. The van der Waals surface area contributed by atoms with Crippen molar-refractivity contribution in [1.82, 2.24) is 4.98 Å². The van der Waals surface area contributed by atoms with E-state index in [0.29, 0.717) is 5.92 Å². The predicted molar refractivity (Wildman–Crippen MR) is 112 cm³/mol. The second kappa shape index (κ2) is 7.90. The Labute approximate surface area is 165 Å². The van der Waals surface area contributed by atoms with Crippen LogP contribution in [-0.2, 0) is 12.3 Å². The third-order valence-electron chi connectivity index (χ3n) is 5.89. The van der Waals surface area contributed by atoms with Crippen molar-refractivity contribution < 1.29 is 8.78 Å². The molecule has 28 heavy (non-hydrogen) atoms. The number of alkyl halides is 2. The van der Waals surface area contributed by atoms with Gasteiger partial charge in [0.05, 0.1) is 0 Å². The minimum absolute atomic E-state index is 0.0781. The van der Waals surface area contributed by atoms with Gasteiger partial charge in [0, 0.05) is 29.6 Å². The van der Waals surface area contributed by atoms with Crippen LogP contribution in [0.4, 0.5) is 8.78 Å². The molecule has 0 saturated heterocycles. The summed E-state index contributed by atoms with van der Waals surface area (Å²) in [6.45, 7) is 0.945. The van der Waals surface area contributed by atoms with Crippen molar-refractivity contribution in [3.63, 3.8) is 0 Å². The smallest absolute Gasteiger partial charge is 0.270 e. The summed E-state index contributed by atoms with van der Waals surface area (Å²) in [6, 6.07) is 17.5. The van der Waals surface area contributed by atoms with Crippen LogP contribution in [0.25, 0.3) is 10.9 Å². The Bertz CT molecular complexity index is 927. The van der Waals surface area contributed by atoms with E-state index in [-0.39, 0.29) is 5.56 Å². The molecule has 1 aromatic heterocycles. The number of halogens is 2. The van der Waals surface area contributed by atoms with Crippen molar-refractivity contribution >= 4 is 10.9 Å². The van der Waals surface area contributed by atoms with Gasteiger partial charge in [-0.1, -0.05) is 67.0 Å². The highest BCUT2D eigenvalue weighted by Crippen LogP contribution is 2.37. The van der Waals surface area contributed by atoms with Crippen molar-refractivity contribution in [1.29, 1.82) is 0 Å². The molecule has 1 heterocycles. The Morgan fingerprint density at radius 1 is 1.04 bits per heavy atom. The number of aromatic nitrogens is 1. The van der Waals surface area contributed by atoms with E-state index in [2.05, 4.69) is 41.4 Å².